The Morgan fingerprint density at radius 1 is 0.237 bits per heavy atom. The fraction of sp³-hybridized carbons (Fsp3) is 0.693. The lowest BCUT2D eigenvalue weighted by atomic mass is 9.78. The molecule has 0 fully saturated rings. The minimum Gasteiger partial charge on any atom is -0.492 e. The third-order valence-corrected chi connectivity index (χ3v) is 34.1. The molecular formula is C88H141N15O17S19. The van der Waals surface area contributed by atoms with Gasteiger partial charge < -0.3 is 9.47 Å². The molecule has 0 bridgehead atoms. The first-order chi connectivity index (χ1) is 66.8. The molecule has 7 aromatic rings. The Morgan fingerprint density at radius 3 is 0.554 bits per heavy atom. The summed E-state index contributed by atoms with van der Waals surface area (Å²) in [6.07, 6.45) is 8.35. The summed E-state index contributed by atoms with van der Waals surface area (Å²) in [5.74, 6) is 14.6. The van der Waals surface area contributed by atoms with E-state index < -0.39 is 85.3 Å². The lowest BCUT2D eigenvalue weighted by molar-refractivity contribution is 0.323. The van der Waals surface area contributed by atoms with E-state index >= 15 is 0 Å². The van der Waals surface area contributed by atoms with Crippen molar-refractivity contribution in [1.29, 1.82) is 0 Å². The van der Waals surface area contributed by atoms with Crippen LogP contribution in [0.5, 0.6) is 11.5 Å². The van der Waals surface area contributed by atoms with Crippen LogP contribution < -0.4 is 94.8 Å². The summed E-state index contributed by atoms with van der Waals surface area (Å²) < 4.78 is 28.4. The van der Waals surface area contributed by atoms with E-state index in [0.717, 1.165) is 121 Å². The van der Waals surface area contributed by atoms with Crippen molar-refractivity contribution in [3.8, 4) is 11.5 Å². The highest BCUT2D eigenvalue weighted by Crippen LogP contribution is 2.34. The van der Waals surface area contributed by atoms with Crippen molar-refractivity contribution < 1.29 is 9.47 Å². The van der Waals surface area contributed by atoms with E-state index in [9.17, 15) is 71.9 Å². The van der Waals surface area contributed by atoms with Gasteiger partial charge in [-0.25, -0.2) is 140 Å². The van der Waals surface area contributed by atoms with Crippen LogP contribution in [0.25, 0.3) is 0 Å². The van der Waals surface area contributed by atoms with Gasteiger partial charge in [0.2, 0.25) is 0 Å². The van der Waals surface area contributed by atoms with E-state index in [0.29, 0.717) is 201 Å². The van der Waals surface area contributed by atoms with Gasteiger partial charge in [-0.2, -0.15) is 236 Å². The van der Waals surface area contributed by atoms with Crippen molar-refractivity contribution >= 4 is 236 Å². The highest BCUT2D eigenvalue weighted by atomic mass is 32.2. The molecule has 0 amide bonds. The summed E-state index contributed by atoms with van der Waals surface area (Å²) >= 11 is 68.5. The largest absolute Gasteiger partial charge is 0.492 e. The maximum Gasteiger partial charge on any atom is 0.336 e. The molecule has 4 atom stereocenters. The average molecular weight is 2290 g/mol. The second-order valence-corrected chi connectivity index (χ2v) is 45.8. The van der Waals surface area contributed by atoms with Crippen molar-refractivity contribution in [1.82, 2.24) is 68.5 Å². The zero-order chi connectivity index (χ0) is 103. The van der Waals surface area contributed by atoms with Crippen LogP contribution in [0.3, 0.4) is 0 Å². The van der Waals surface area contributed by atoms with Gasteiger partial charge in [-0.15, -0.1) is 0 Å². The Bertz CT molecular complexity index is 5310. The lowest BCUT2D eigenvalue weighted by Crippen LogP contribution is -2.54. The number of rotatable bonds is 69. The molecule has 0 aliphatic carbocycles. The van der Waals surface area contributed by atoms with Gasteiger partial charge in [0, 0.05) is 159 Å². The maximum atomic E-state index is 13.5. The Hall–Kier alpha value is -3.26. The van der Waals surface area contributed by atoms with Crippen LogP contribution in [0.4, 0.5) is 0 Å². The third kappa shape index (κ3) is 41.0. The van der Waals surface area contributed by atoms with Crippen molar-refractivity contribution in [3.63, 3.8) is 0 Å². The molecular weight excluding hydrogens is 2150 g/mol. The summed E-state index contributed by atoms with van der Waals surface area (Å²) in [6.45, 7) is 9.97. The first kappa shape index (κ1) is 126. The molecule has 5 aromatic heterocycles. The molecule has 0 N–H and O–H groups in total. The topological polar surface area (TPSA) is 348 Å². The first-order valence-corrected chi connectivity index (χ1v) is 60.9. The SMILES string of the molecule is CC(C)(c1ccc(OCC(S)CSCC(S)CS)cc1)c1ccc(OCC(S)CSCC(S)CS)cc1.CCCCn1c(=O)n(CCCS)c(=O)n(CCCSCCCn2c(=O)n(CCCS)c(=O)n(CCCSCCCn3c(=O)n(CCCS)c(=O)n(CCCS)c3=O)c2=O)c1=O.O=c1n(CCCS)c(=O)n(CCCSCCCn2c(=O)n(CCCS)c(=O)n(CCCS)c2=O)c(=O)n1CCCS. The van der Waals surface area contributed by atoms with Gasteiger partial charge in [-0.05, 0) is 212 Å². The van der Waals surface area contributed by atoms with Crippen LogP contribution in [0.1, 0.15) is 135 Å². The fourth-order valence-corrected chi connectivity index (χ4v) is 21.6. The minimum absolute atomic E-state index is 0.0907. The van der Waals surface area contributed by atoms with Gasteiger partial charge in [-0.1, -0.05) is 51.5 Å². The molecule has 0 radical (unpaired) electrons. The Morgan fingerprint density at radius 2 is 0.396 bits per heavy atom. The number of hydrogen-bond donors (Lipinski definition) is 14. The highest BCUT2D eigenvalue weighted by Gasteiger charge is 2.26. The van der Waals surface area contributed by atoms with Gasteiger partial charge in [0.25, 0.3) is 0 Å². The van der Waals surface area contributed by atoms with Gasteiger partial charge >= 0.3 is 85.3 Å². The van der Waals surface area contributed by atoms with Crippen LogP contribution in [-0.2, 0) is 104 Å². The van der Waals surface area contributed by atoms with E-state index in [2.05, 4.69) is 215 Å². The smallest absolute Gasteiger partial charge is 0.336 e. The zero-order valence-corrected chi connectivity index (χ0v) is 96.0. The molecule has 784 valence electrons. The van der Waals surface area contributed by atoms with Crippen molar-refractivity contribution in [3.05, 3.63) is 217 Å². The number of thioether (sulfide) groups is 5. The third-order valence-electron chi connectivity index (χ3n) is 21.7. The van der Waals surface area contributed by atoms with E-state index in [1.54, 1.807) is 23.5 Å². The predicted molar refractivity (Wildman–Crippen MR) is 628 cm³/mol. The van der Waals surface area contributed by atoms with Gasteiger partial charge in [-0.3, -0.25) is 0 Å². The van der Waals surface area contributed by atoms with Gasteiger partial charge in [0.05, 0.1) is 0 Å². The Kier molecular flexibility index (Phi) is 64.1. The molecule has 51 heteroatoms. The second kappa shape index (κ2) is 70.6. The Balaban J connectivity index is 0.000000383. The summed E-state index contributed by atoms with van der Waals surface area (Å²) in [7, 11) is 0. The highest BCUT2D eigenvalue weighted by molar-refractivity contribution is 8.01. The van der Waals surface area contributed by atoms with Crippen LogP contribution in [0.2, 0.25) is 0 Å². The number of benzene rings is 2. The number of aromatic nitrogens is 15. The molecule has 0 saturated heterocycles. The van der Waals surface area contributed by atoms with Crippen LogP contribution in [0.15, 0.2) is 120 Å². The van der Waals surface area contributed by atoms with E-state index in [1.807, 2.05) is 54.7 Å². The average Bonchev–Trinajstić information content (AvgIpc) is 0.896. The molecule has 0 aliphatic rings. The number of unbranched alkanes of at least 4 members (excludes halogenated alkanes) is 1. The molecule has 0 saturated carbocycles. The number of ether oxygens (including phenoxy) is 2. The maximum absolute atomic E-state index is 13.5. The molecule has 7 rings (SSSR count). The number of thiol groups is 14. The number of hydrogen-bond acceptors (Lipinski definition) is 36. The molecule has 5 heterocycles. The number of nitrogens with zero attached hydrogens (tertiary/aromatic N) is 15. The molecule has 0 aliphatic heterocycles. The summed E-state index contributed by atoms with van der Waals surface area (Å²) in [6, 6.07) is 16.8. The molecule has 139 heavy (non-hydrogen) atoms. The molecule has 32 nitrogen and oxygen atoms in total. The zero-order valence-electron chi connectivity index (χ0n) is 79.4. The standard InChI is InChI=1S/C37H61N9O9S6.C27H40O2S8.C24H40N6O6S5/c1-2-3-12-38-29(47)39(13-4-21-56)32(50)43(30(38)48)17-8-25-60-27-10-19-45-35(53)42(16-7-24-59)36(54)46(37(45)55)20-11-28-61-26-9-18-44-33(51)40(14-5-22-57)31(49)41(34(44)52)15-6-23-58;1-27(2,19-3-7-21(8-4-19)28-11-23(32)15-36-17-25(34)13-30)20-5-9-22(10-6-20)29-12-24(33)16-37-18-26(35)14-31;31-19-25(7-1-13-37)21(33)29(22(34)26(19)8-2-14-38)11-5-17-41-18-6-12-30-23(35)27(9-3-15-39)20(32)28(24(30)36)10-4-16-40/h56-59H,2-28H2,1H3;3-10,23-26,30-35H,11-18H2,1-2H3;37-40H,1-18H2. The summed E-state index contributed by atoms with van der Waals surface area (Å²) in [4.78, 5) is 196. The summed E-state index contributed by atoms with van der Waals surface area (Å²) in [5, 5.41) is 0.993. The second-order valence-electron chi connectivity index (χ2n) is 32.8. The minimum atomic E-state index is -0.680. The predicted octanol–water partition coefficient (Wildman–Crippen LogP) is 8.09. The normalized spacial score (nSPS) is 12.5. The Labute approximate surface area is 909 Å². The van der Waals surface area contributed by atoms with E-state index in [4.69, 9.17) is 9.47 Å². The van der Waals surface area contributed by atoms with Crippen molar-refractivity contribution in [2.45, 2.75) is 248 Å². The van der Waals surface area contributed by atoms with Gasteiger partial charge in [0.1, 0.15) is 24.7 Å². The molecule has 0 spiro atoms. The first-order valence-electron chi connectivity index (χ1n) is 46.7. The fourth-order valence-electron chi connectivity index (χ4n) is 14.1. The molecule has 2 aromatic carbocycles. The lowest BCUT2D eigenvalue weighted by Gasteiger charge is -2.26. The van der Waals surface area contributed by atoms with E-state index in [-0.39, 0.29) is 114 Å². The van der Waals surface area contributed by atoms with Crippen LogP contribution in [0, 0.1) is 0 Å². The van der Waals surface area contributed by atoms with Crippen molar-refractivity contribution in [2.24, 2.45) is 0 Å². The van der Waals surface area contributed by atoms with Crippen LogP contribution >= 0.6 is 236 Å². The van der Waals surface area contributed by atoms with Crippen LogP contribution in [-0.4, -0.2) is 218 Å². The van der Waals surface area contributed by atoms with Crippen molar-refractivity contribution in [2.75, 3.05) is 128 Å². The molecule has 4 unspecified atom stereocenters. The van der Waals surface area contributed by atoms with E-state index in [1.165, 1.54) is 22.9 Å². The summed E-state index contributed by atoms with van der Waals surface area (Å²) in [5.41, 5.74) is -7.12. The quantitative estimate of drug-likeness (QED) is 0.0126. The van der Waals surface area contributed by atoms with Gasteiger partial charge in [0.15, 0.2) is 0 Å². The monoisotopic (exact) mass is 2290 g/mol.